The van der Waals surface area contributed by atoms with E-state index in [-0.39, 0.29) is 36.0 Å². The molecule has 3 saturated heterocycles. The van der Waals surface area contributed by atoms with Gasteiger partial charge in [0.15, 0.2) is 5.78 Å². The Hall–Kier alpha value is -2.94. The highest BCUT2D eigenvalue weighted by molar-refractivity contribution is 6.01. The molecule has 1 aromatic carbocycles. The Morgan fingerprint density at radius 2 is 1.62 bits per heavy atom. The molecule has 4 rings (SSSR count). The lowest BCUT2D eigenvalue weighted by Gasteiger charge is -2.29. The summed E-state index contributed by atoms with van der Waals surface area (Å²) in [5.41, 5.74) is 1.58. The minimum Gasteiger partial charge on any atom is -0.383 e. The standard InChI is InChI=1S/C28H40N4O5/c1-17(2)15-21(29-26(35)19-7-9-20(10-8-19)30-12-5-6-13-30)27(36)31-14-11-22-24(31)23(33)16-32(22)28(37)25(34)18(3)4/h7-10,17-18,21-22,24-25,34H,5-6,11-16H2,1-4H3,(H,29,35). The molecule has 9 heteroatoms. The van der Waals surface area contributed by atoms with Crippen LogP contribution in [0, 0.1) is 11.8 Å². The molecule has 0 saturated carbocycles. The number of rotatable bonds is 8. The predicted octanol–water partition coefficient (Wildman–Crippen LogP) is 1.83. The fourth-order valence-corrected chi connectivity index (χ4v) is 5.75. The van der Waals surface area contributed by atoms with E-state index in [9.17, 15) is 24.3 Å². The van der Waals surface area contributed by atoms with Crippen LogP contribution in [0.1, 0.15) is 63.7 Å². The van der Waals surface area contributed by atoms with Crippen molar-refractivity contribution in [2.75, 3.05) is 31.1 Å². The van der Waals surface area contributed by atoms with Crippen molar-refractivity contribution < 1.29 is 24.3 Å². The molecule has 4 unspecified atom stereocenters. The van der Waals surface area contributed by atoms with Gasteiger partial charge in [-0.25, -0.2) is 0 Å². The van der Waals surface area contributed by atoms with Gasteiger partial charge in [-0.2, -0.15) is 0 Å². The highest BCUT2D eigenvalue weighted by Gasteiger charge is 2.53. The molecule has 4 atom stereocenters. The maximum absolute atomic E-state index is 13.7. The Bertz CT molecular complexity index is 1020. The zero-order valence-electron chi connectivity index (χ0n) is 22.4. The third-order valence-electron chi connectivity index (χ3n) is 7.78. The molecule has 0 aliphatic carbocycles. The average molecular weight is 513 g/mol. The number of anilines is 1. The van der Waals surface area contributed by atoms with E-state index in [2.05, 4.69) is 10.2 Å². The van der Waals surface area contributed by atoms with Gasteiger partial charge in [0.2, 0.25) is 5.91 Å². The highest BCUT2D eigenvalue weighted by atomic mass is 16.3. The van der Waals surface area contributed by atoms with E-state index < -0.39 is 30.1 Å². The maximum Gasteiger partial charge on any atom is 0.252 e. The van der Waals surface area contributed by atoms with E-state index in [1.54, 1.807) is 26.0 Å². The van der Waals surface area contributed by atoms with E-state index in [0.29, 0.717) is 24.9 Å². The summed E-state index contributed by atoms with van der Waals surface area (Å²) in [6.07, 6.45) is 2.08. The summed E-state index contributed by atoms with van der Waals surface area (Å²) < 4.78 is 0. The molecule has 3 aliphatic heterocycles. The second-order valence-corrected chi connectivity index (χ2v) is 11.4. The first-order chi connectivity index (χ1) is 17.6. The van der Waals surface area contributed by atoms with Crippen LogP contribution < -0.4 is 10.2 Å². The number of amides is 3. The van der Waals surface area contributed by atoms with Gasteiger partial charge in [-0.1, -0.05) is 27.7 Å². The van der Waals surface area contributed by atoms with E-state index in [4.69, 9.17) is 0 Å². The Kier molecular flexibility index (Phi) is 8.21. The number of nitrogens with zero attached hydrogens (tertiary/aromatic N) is 3. The van der Waals surface area contributed by atoms with E-state index in [0.717, 1.165) is 18.8 Å². The number of nitrogens with one attached hydrogen (secondary N) is 1. The van der Waals surface area contributed by atoms with E-state index >= 15 is 0 Å². The number of likely N-dealkylation sites (tertiary alicyclic amines) is 2. The summed E-state index contributed by atoms with van der Waals surface area (Å²) in [5, 5.41) is 13.2. The molecule has 0 aromatic heterocycles. The average Bonchev–Trinajstić information content (AvgIpc) is 3.61. The second-order valence-electron chi connectivity index (χ2n) is 11.4. The summed E-state index contributed by atoms with van der Waals surface area (Å²) in [7, 11) is 0. The number of fused-ring (bicyclic) bond motifs is 1. The largest absolute Gasteiger partial charge is 0.383 e. The number of carbonyl (C=O) groups excluding carboxylic acids is 4. The summed E-state index contributed by atoms with van der Waals surface area (Å²) >= 11 is 0. The molecule has 9 nitrogen and oxygen atoms in total. The number of ketones is 1. The van der Waals surface area contributed by atoms with Crippen LogP contribution in [0.3, 0.4) is 0 Å². The first-order valence-electron chi connectivity index (χ1n) is 13.6. The first-order valence-corrected chi connectivity index (χ1v) is 13.6. The van der Waals surface area contributed by atoms with Crippen molar-refractivity contribution in [3.63, 3.8) is 0 Å². The van der Waals surface area contributed by atoms with Gasteiger partial charge in [-0.05, 0) is 61.8 Å². The smallest absolute Gasteiger partial charge is 0.252 e. The van der Waals surface area contributed by atoms with E-state index in [1.807, 2.05) is 26.0 Å². The molecule has 2 N–H and O–H groups in total. The summed E-state index contributed by atoms with van der Waals surface area (Å²) in [6.45, 7) is 9.74. The van der Waals surface area contributed by atoms with Crippen molar-refractivity contribution in [2.45, 2.75) is 77.6 Å². The molecule has 202 valence electrons. The number of Topliss-reactive ketones (excluding diaryl/α,β-unsaturated/α-hetero) is 1. The fourth-order valence-electron chi connectivity index (χ4n) is 5.75. The van der Waals surface area contributed by atoms with Crippen LogP contribution in [-0.4, -0.2) is 88.8 Å². The lowest BCUT2D eigenvalue weighted by Crippen LogP contribution is -2.53. The normalized spacial score (nSPS) is 23.1. The molecular weight excluding hydrogens is 472 g/mol. The van der Waals surface area contributed by atoms with Gasteiger partial charge >= 0.3 is 0 Å². The quantitative estimate of drug-likeness (QED) is 0.550. The molecule has 37 heavy (non-hydrogen) atoms. The number of aliphatic hydroxyl groups is 1. The van der Waals surface area contributed by atoms with Crippen LogP contribution in [0.25, 0.3) is 0 Å². The third-order valence-corrected chi connectivity index (χ3v) is 7.78. The predicted molar refractivity (Wildman–Crippen MR) is 140 cm³/mol. The third kappa shape index (κ3) is 5.66. The van der Waals surface area contributed by atoms with Crippen LogP contribution in [0.4, 0.5) is 5.69 Å². The van der Waals surface area contributed by atoms with Gasteiger partial charge in [0, 0.05) is 30.9 Å². The van der Waals surface area contributed by atoms with Crippen LogP contribution in [-0.2, 0) is 14.4 Å². The van der Waals surface area contributed by atoms with Crippen molar-refractivity contribution in [1.29, 1.82) is 0 Å². The highest BCUT2D eigenvalue weighted by Crippen LogP contribution is 2.32. The molecule has 1 aromatic rings. The number of hydrogen-bond acceptors (Lipinski definition) is 6. The van der Waals surface area contributed by atoms with Crippen LogP contribution in [0.2, 0.25) is 0 Å². The van der Waals surface area contributed by atoms with Crippen molar-refractivity contribution >= 4 is 29.2 Å². The lowest BCUT2D eigenvalue weighted by molar-refractivity contribution is -0.144. The van der Waals surface area contributed by atoms with Crippen LogP contribution >= 0.6 is 0 Å². The van der Waals surface area contributed by atoms with Gasteiger partial charge < -0.3 is 25.1 Å². The molecule has 3 amide bonds. The van der Waals surface area contributed by atoms with Gasteiger partial charge in [-0.15, -0.1) is 0 Å². The number of aliphatic hydroxyl groups excluding tert-OH is 1. The van der Waals surface area contributed by atoms with Gasteiger partial charge in [-0.3, -0.25) is 19.2 Å². The Balaban J connectivity index is 1.46. The number of hydrogen-bond donors (Lipinski definition) is 2. The maximum atomic E-state index is 13.7. The Morgan fingerprint density at radius 3 is 2.22 bits per heavy atom. The number of carbonyl (C=O) groups is 4. The monoisotopic (exact) mass is 512 g/mol. The van der Waals surface area contributed by atoms with Crippen molar-refractivity contribution in [1.82, 2.24) is 15.1 Å². The summed E-state index contributed by atoms with van der Waals surface area (Å²) in [4.78, 5) is 57.8. The van der Waals surface area contributed by atoms with Crippen molar-refractivity contribution in [3.8, 4) is 0 Å². The molecule has 0 radical (unpaired) electrons. The SMILES string of the molecule is CC(C)CC(NC(=O)c1ccc(N2CCCC2)cc1)C(=O)N1CCC2C1C(=O)CN2C(=O)C(O)C(C)C. The first kappa shape index (κ1) is 27.1. The second kappa shape index (κ2) is 11.2. The molecular formula is C28H40N4O5. The molecule has 0 bridgehead atoms. The minimum atomic E-state index is -1.18. The zero-order valence-corrected chi connectivity index (χ0v) is 22.4. The van der Waals surface area contributed by atoms with Crippen molar-refractivity contribution in [3.05, 3.63) is 29.8 Å². The molecule has 3 heterocycles. The molecule has 3 aliphatic rings. The molecule has 3 fully saturated rings. The van der Waals surface area contributed by atoms with Gasteiger partial charge in [0.25, 0.3) is 11.8 Å². The topological polar surface area (TPSA) is 110 Å². The zero-order chi connectivity index (χ0) is 26.9. The number of benzene rings is 1. The fraction of sp³-hybridized carbons (Fsp3) is 0.643. The van der Waals surface area contributed by atoms with Crippen LogP contribution in [0.5, 0.6) is 0 Å². The van der Waals surface area contributed by atoms with Gasteiger partial charge in [0.05, 0.1) is 12.6 Å². The van der Waals surface area contributed by atoms with Crippen LogP contribution in [0.15, 0.2) is 24.3 Å². The summed E-state index contributed by atoms with van der Waals surface area (Å²) in [5.74, 6) is -1.41. The molecule has 0 spiro atoms. The Labute approximate surface area is 219 Å². The van der Waals surface area contributed by atoms with Gasteiger partial charge in [0.1, 0.15) is 18.2 Å². The Morgan fingerprint density at radius 1 is 0.973 bits per heavy atom. The summed E-state index contributed by atoms with van der Waals surface area (Å²) in [6, 6.07) is 5.51. The lowest BCUT2D eigenvalue weighted by atomic mass is 10.0. The van der Waals surface area contributed by atoms with Crippen molar-refractivity contribution in [2.24, 2.45) is 11.8 Å². The van der Waals surface area contributed by atoms with E-state index in [1.165, 1.54) is 22.6 Å². The minimum absolute atomic E-state index is 0.105.